The van der Waals surface area contributed by atoms with Crippen LogP contribution in [0.15, 0.2) is 29.1 Å². The maximum Gasteiger partial charge on any atom is 0.346 e. The third-order valence-corrected chi connectivity index (χ3v) is 3.61. The number of nitrogens with zero attached hydrogens (tertiary/aromatic N) is 2. The van der Waals surface area contributed by atoms with E-state index < -0.39 is 0 Å². The minimum Gasteiger partial charge on any atom is -0.385 e. The van der Waals surface area contributed by atoms with Crippen molar-refractivity contribution in [1.82, 2.24) is 4.90 Å². The average Bonchev–Trinajstić information content (AvgIpc) is 2.73. The lowest BCUT2D eigenvalue weighted by molar-refractivity contribution is 0.213. The zero-order valence-electron chi connectivity index (χ0n) is 9.01. The Kier molecular flexibility index (Phi) is 2.78. The molecule has 2 rings (SSSR count). The molecule has 0 saturated carbocycles. The van der Waals surface area contributed by atoms with Crippen molar-refractivity contribution in [3.05, 3.63) is 34.5 Å². The summed E-state index contributed by atoms with van der Waals surface area (Å²) >= 11 is 1.59. The van der Waals surface area contributed by atoms with Gasteiger partial charge in [0.2, 0.25) is 0 Å². The van der Waals surface area contributed by atoms with Gasteiger partial charge in [0.1, 0.15) is 11.9 Å². The molecule has 4 nitrogen and oxygen atoms in total. The fraction of sp³-hybridized carbons (Fsp3) is 0.273. The van der Waals surface area contributed by atoms with Gasteiger partial charge in [-0.15, -0.1) is 17.9 Å². The molecule has 0 radical (unpaired) electrons. The summed E-state index contributed by atoms with van der Waals surface area (Å²) in [6, 6.07) is 1.52. The number of hydrogen-bond donors (Lipinski definition) is 1. The molecule has 0 bridgehead atoms. The zero-order chi connectivity index (χ0) is 11.7. The van der Waals surface area contributed by atoms with E-state index in [0.29, 0.717) is 12.4 Å². The first-order valence-corrected chi connectivity index (χ1v) is 5.82. The maximum atomic E-state index is 11.6. The van der Waals surface area contributed by atoms with E-state index in [2.05, 4.69) is 11.6 Å². The first-order chi connectivity index (χ1) is 7.65. The highest BCUT2D eigenvalue weighted by molar-refractivity contribution is 7.10. The van der Waals surface area contributed by atoms with E-state index in [1.165, 1.54) is 0 Å². The Balaban J connectivity index is 2.38. The van der Waals surface area contributed by atoms with E-state index in [1.54, 1.807) is 22.3 Å². The third-order valence-electron chi connectivity index (χ3n) is 2.54. The molecule has 0 spiro atoms. The average molecular weight is 235 g/mol. The fourth-order valence-electron chi connectivity index (χ4n) is 1.77. The smallest absolute Gasteiger partial charge is 0.346 e. The van der Waals surface area contributed by atoms with Crippen molar-refractivity contribution in [2.75, 3.05) is 6.54 Å². The first kappa shape index (κ1) is 10.9. The Morgan fingerprint density at radius 3 is 3.06 bits per heavy atom. The second-order valence-corrected chi connectivity index (χ2v) is 4.58. The van der Waals surface area contributed by atoms with Gasteiger partial charge in [-0.2, -0.15) is 4.99 Å². The van der Waals surface area contributed by atoms with Gasteiger partial charge in [-0.1, -0.05) is 6.08 Å². The number of carbonyl (C=O) groups is 1. The molecule has 2 N–H and O–H groups in total. The number of rotatable bonds is 3. The van der Waals surface area contributed by atoms with Crippen LogP contribution in [0.2, 0.25) is 0 Å². The third kappa shape index (κ3) is 1.63. The molecule has 0 aromatic carbocycles. The van der Waals surface area contributed by atoms with Gasteiger partial charge in [0.05, 0.1) is 0 Å². The van der Waals surface area contributed by atoms with E-state index in [4.69, 9.17) is 5.73 Å². The van der Waals surface area contributed by atoms with Crippen LogP contribution >= 0.6 is 11.3 Å². The van der Waals surface area contributed by atoms with Gasteiger partial charge in [-0.25, -0.2) is 4.79 Å². The van der Waals surface area contributed by atoms with Gasteiger partial charge in [-0.05, 0) is 23.9 Å². The second kappa shape index (κ2) is 4.09. The van der Waals surface area contributed by atoms with Crippen molar-refractivity contribution in [2.24, 2.45) is 10.7 Å². The van der Waals surface area contributed by atoms with Gasteiger partial charge < -0.3 is 10.6 Å². The number of carbonyl (C=O) groups excluding carboxylic acids is 1. The SMILES string of the molecule is C=CCN1C(=O)N=C(N)C1c1sccc1C. The van der Waals surface area contributed by atoms with Crippen LogP contribution in [-0.4, -0.2) is 23.3 Å². The molecule has 1 atom stereocenters. The van der Waals surface area contributed by atoms with E-state index in [1.807, 2.05) is 18.4 Å². The summed E-state index contributed by atoms with van der Waals surface area (Å²) in [6.45, 7) is 6.11. The van der Waals surface area contributed by atoms with E-state index in [9.17, 15) is 4.79 Å². The van der Waals surface area contributed by atoms with Crippen LogP contribution in [0.25, 0.3) is 0 Å². The summed E-state index contributed by atoms with van der Waals surface area (Å²) in [7, 11) is 0. The predicted molar refractivity (Wildman–Crippen MR) is 65.7 cm³/mol. The highest BCUT2D eigenvalue weighted by atomic mass is 32.1. The number of aliphatic imine (C=N–C) groups is 1. The van der Waals surface area contributed by atoms with Crippen LogP contribution in [0.4, 0.5) is 4.79 Å². The van der Waals surface area contributed by atoms with Gasteiger partial charge in [-0.3, -0.25) is 0 Å². The molecule has 2 amide bonds. The quantitative estimate of drug-likeness (QED) is 0.815. The van der Waals surface area contributed by atoms with Gasteiger partial charge in [0, 0.05) is 11.4 Å². The van der Waals surface area contributed by atoms with Crippen LogP contribution in [-0.2, 0) is 0 Å². The standard InChI is InChI=1S/C11H13N3OS/c1-3-5-14-8(10(12)13-11(14)15)9-7(2)4-6-16-9/h3-4,6,8H,1,5H2,2H3,(H2,12,13,15). The lowest BCUT2D eigenvalue weighted by Crippen LogP contribution is -2.33. The molecular weight excluding hydrogens is 222 g/mol. The van der Waals surface area contributed by atoms with Crippen LogP contribution in [0, 0.1) is 6.92 Å². The Morgan fingerprint density at radius 1 is 1.75 bits per heavy atom. The van der Waals surface area contributed by atoms with Crippen LogP contribution < -0.4 is 5.73 Å². The number of nitrogens with two attached hydrogens (primary N) is 1. The van der Waals surface area contributed by atoms with Crippen molar-refractivity contribution in [3.8, 4) is 0 Å². The molecule has 1 aromatic rings. The molecule has 0 fully saturated rings. The molecule has 1 aromatic heterocycles. The summed E-state index contributed by atoms with van der Waals surface area (Å²) < 4.78 is 0. The summed E-state index contributed by atoms with van der Waals surface area (Å²) in [5, 5.41) is 1.99. The van der Waals surface area contributed by atoms with Gasteiger partial charge in [0.15, 0.2) is 0 Å². The number of thiophene rings is 1. The summed E-state index contributed by atoms with van der Waals surface area (Å²) in [6.07, 6.45) is 1.68. The number of urea groups is 1. The van der Waals surface area contributed by atoms with Gasteiger partial charge >= 0.3 is 6.03 Å². The Morgan fingerprint density at radius 2 is 2.50 bits per heavy atom. The van der Waals surface area contributed by atoms with Crippen LogP contribution in [0.5, 0.6) is 0 Å². The minimum absolute atomic E-state index is 0.217. The molecule has 5 heteroatoms. The topological polar surface area (TPSA) is 58.7 Å². The Labute approximate surface area is 98.1 Å². The number of aryl methyl sites for hydroxylation is 1. The Hall–Kier alpha value is -1.62. The van der Waals surface area contributed by atoms with E-state index in [-0.39, 0.29) is 12.1 Å². The van der Waals surface area contributed by atoms with Crippen molar-refractivity contribution < 1.29 is 4.79 Å². The fourth-order valence-corrected chi connectivity index (χ4v) is 2.82. The van der Waals surface area contributed by atoms with E-state index in [0.717, 1.165) is 10.4 Å². The summed E-state index contributed by atoms with van der Waals surface area (Å²) in [4.78, 5) is 18.1. The minimum atomic E-state index is -0.282. The lowest BCUT2D eigenvalue weighted by Gasteiger charge is -2.22. The molecular formula is C11H13N3OS. The monoisotopic (exact) mass is 235 g/mol. The number of hydrogen-bond acceptors (Lipinski definition) is 3. The molecule has 2 heterocycles. The molecule has 1 aliphatic heterocycles. The Bertz CT molecular complexity index is 464. The maximum absolute atomic E-state index is 11.6. The number of amidine groups is 1. The molecule has 0 saturated heterocycles. The van der Waals surface area contributed by atoms with Crippen LogP contribution in [0.1, 0.15) is 16.5 Å². The van der Waals surface area contributed by atoms with E-state index >= 15 is 0 Å². The molecule has 16 heavy (non-hydrogen) atoms. The predicted octanol–water partition coefficient (Wildman–Crippen LogP) is 2.08. The summed E-state index contributed by atoms with van der Waals surface area (Å²) in [5.74, 6) is 0.373. The molecule has 1 aliphatic rings. The second-order valence-electron chi connectivity index (χ2n) is 3.63. The number of amides is 2. The highest BCUT2D eigenvalue weighted by Gasteiger charge is 2.35. The molecule has 1 unspecified atom stereocenters. The summed E-state index contributed by atoms with van der Waals surface area (Å²) in [5.41, 5.74) is 6.95. The largest absolute Gasteiger partial charge is 0.385 e. The van der Waals surface area contributed by atoms with Crippen molar-refractivity contribution in [3.63, 3.8) is 0 Å². The van der Waals surface area contributed by atoms with Crippen molar-refractivity contribution >= 4 is 23.2 Å². The zero-order valence-corrected chi connectivity index (χ0v) is 9.83. The van der Waals surface area contributed by atoms with Crippen molar-refractivity contribution in [1.29, 1.82) is 0 Å². The normalized spacial score (nSPS) is 20.1. The van der Waals surface area contributed by atoms with Gasteiger partial charge in [0.25, 0.3) is 0 Å². The highest BCUT2D eigenvalue weighted by Crippen LogP contribution is 2.32. The molecule has 84 valence electrons. The first-order valence-electron chi connectivity index (χ1n) is 4.94. The molecule has 0 aliphatic carbocycles. The van der Waals surface area contributed by atoms with Crippen LogP contribution in [0.3, 0.4) is 0 Å². The lowest BCUT2D eigenvalue weighted by atomic mass is 10.1. The van der Waals surface area contributed by atoms with Crippen molar-refractivity contribution in [2.45, 2.75) is 13.0 Å².